The van der Waals surface area contributed by atoms with Crippen molar-refractivity contribution in [3.8, 4) is 0 Å². The predicted molar refractivity (Wildman–Crippen MR) is 75.3 cm³/mol. The van der Waals surface area contributed by atoms with Crippen LogP contribution < -0.4 is 5.32 Å². The molecule has 1 fully saturated rings. The van der Waals surface area contributed by atoms with Crippen molar-refractivity contribution in [3.63, 3.8) is 0 Å². The Balaban J connectivity index is 2.23. The molecule has 1 rings (SSSR count). The Morgan fingerprint density at radius 3 is 2.62 bits per heavy atom. The first-order valence-electron chi connectivity index (χ1n) is 6.46. The molecule has 0 aromatic rings. The summed E-state index contributed by atoms with van der Waals surface area (Å²) in [4.78, 5) is 2.59. The van der Waals surface area contributed by atoms with Crippen molar-refractivity contribution >= 4 is 11.8 Å². The smallest absolute Gasteiger partial charge is 0.0231 e. The third-order valence-corrected chi connectivity index (χ3v) is 4.72. The standard InChI is InChI=1S/C13H28N2S/c1-6-12(2,3)14-7-8-15-9-10-16-13(4,5)11-15/h14H,6-11H2,1-5H3. The molecule has 96 valence electrons. The normalized spacial score (nSPS) is 22.3. The van der Waals surface area contributed by atoms with E-state index >= 15 is 0 Å². The summed E-state index contributed by atoms with van der Waals surface area (Å²) < 4.78 is 0.443. The van der Waals surface area contributed by atoms with Gasteiger partial charge < -0.3 is 5.32 Å². The van der Waals surface area contributed by atoms with Gasteiger partial charge in [0.05, 0.1) is 0 Å². The maximum atomic E-state index is 3.63. The molecular weight excluding hydrogens is 216 g/mol. The van der Waals surface area contributed by atoms with E-state index in [2.05, 4.69) is 56.6 Å². The highest BCUT2D eigenvalue weighted by atomic mass is 32.2. The van der Waals surface area contributed by atoms with E-state index in [-0.39, 0.29) is 0 Å². The highest BCUT2D eigenvalue weighted by molar-refractivity contribution is 8.00. The van der Waals surface area contributed by atoms with E-state index in [0.29, 0.717) is 10.3 Å². The van der Waals surface area contributed by atoms with Crippen LogP contribution >= 0.6 is 11.8 Å². The molecule has 0 spiro atoms. The second-order valence-corrected chi connectivity index (χ2v) is 7.85. The van der Waals surface area contributed by atoms with Gasteiger partial charge in [-0.15, -0.1) is 0 Å². The van der Waals surface area contributed by atoms with Crippen LogP contribution in [-0.2, 0) is 0 Å². The SMILES string of the molecule is CCC(C)(C)NCCN1CCSC(C)(C)C1. The lowest BCUT2D eigenvalue weighted by molar-refractivity contribution is 0.246. The highest BCUT2D eigenvalue weighted by Gasteiger charge is 2.26. The summed E-state index contributed by atoms with van der Waals surface area (Å²) in [6, 6.07) is 0. The molecule has 0 saturated carbocycles. The van der Waals surface area contributed by atoms with Crippen LogP contribution in [0.4, 0.5) is 0 Å². The Bertz CT molecular complexity index is 214. The Hall–Kier alpha value is 0.270. The monoisotopic (exact) mass is 244 g/mol. The van der Waals surface area contributed by atoms with Crippen LogP contribution in [0.3, 0.4) is 0 Å². The number of rotatable bonds is 5. The van der Waals surface area contributed by atoms with Crippen molar-refractivity contribution in [1.82, 2.24) is 10.2 Å². The first kappa shape index (κ1) is 14.3. The molecule has 16 heavy (non-hydrogen) atoms. The van der Waals surface area contributed by atoms with Crippen molar-refractivity contribution < 1.29 is 0 Å². The summed E-state index contributed by atoms with van der Waals surface area (Å²) in [6.45, 7) is 16.3. The van der Waals surface area contributed by atoms with Crippen molar-refractivity contribution in [2.75, 3.05) is 31.9 Å². The third-order valence-electron chi connectivity index (χ3n) is 3.42. The van der Waals surface area contributed by atoms with Crippen molar-refractivity contribution in [2.45, 2.75) is 51.3 Å². The zero-order valence-corrected chi connectivity index (χ0v) is 12.4. The fourth-order valence-electron chi connectivity index (χ4n) is 1.98. The second-order valence-electron chi connectivity index (χ2n) is 6.05. The molecule has 2 nitrogen and oxygen atoms in total. The maximum absolute atomic E-state index is 3.63. The Kier molecular flexibility index (Phi) is 5.14. The Morgan fingerprint density at radius 1 is 1.38 bits per heavy atom. The van der Waals surface area contributed by atoms with Gasteiger partial charge in [0.15, 0.2) is 0 Å². The first-order valence-corrected chi connectivity index (χ1v) is 7.44. The molecule has 3 heteroatoms. The minimum atomic E-state index is 0.292. The van der Waals surface area contributed by atoms with Gasteiger partial charge in [0.2, 0.25) is 0 Å². The van der Waals surface area contributed by atoms with E-state index in [4.69, 9.17) is 0 Å². The van der Waals surface area contributed by atoms with E-state index < -0.39 is 0 Å². The maximum Gasteiger partial charge on any atom is 0.0231 e. The molecule has 0 aliphatic carbocycles. The summed E-state index contributed by atoms with van der Waals surface area (Å²) in [5.41, 5.74) is 0.292. The van der Waals surface area contributed by atoms with Gasteiger partial charge in [-0.25, -0.2) is 0 Å². The number of hydrogen-bond donors (Lipinski definition) is 1. The topological polar surface area (TPSA) is 15.3 Å². The molecule has 1 aliphatic rings. The van der Waals surface area contributed by atoms with Gasteiger partial charge in [-0.05, 0) is 34.1 Å². The molecule has 1 heterocycles. The average molecular weight is 244 g/mol. The number of nitrogens with one attached hydrogen (secondary N) is 1. The fourth-order valence-corrected chi connectivity index (χ4v) is 3.16. The van der Waals surface area contributed by atoms with E-state index in [0.717, 1.165) is 6.54 Å². The molecule has 0 radical (unpaired) electrons. The average Bonchev–Trinajstić information content (AvgIpc) is 2.16. The molecule has 0 unspecified atom stereocenters. The molecule has 0 aromatic carbocycles. The quantitative estimate of drug-likeness (QED) is 0.800. The summed E-state index contributed by atoms with van der Waals surface area (Å²) in [5, 5.41) is 3.63. The van der Waals surface area contributed by atoms with Gasteiger partial charge in [0.25, 0.3) is 0 Å². The molecule has 0 atom stereocenters. The fraction of sp³-hybridized carbons (Fsp3) is 1.00. The number of hydrogen-bond acceptors (Lipinski definition) is 3. The van der Waals surface area contributed by atoms with Crippen molar-refractivity contribution in [3.05, 3.63) is 0 Å². The summed E-state index contributed by atoms with van der Waals surface area (Å²) in [6.07, 6.45) is 1.19. The van der Waals surface area contributed by atoms with Crippen LogP contribution in [0.1, 0.15) is 41.0 Å². The van der Waals surface area contributed by atoms with Gasteiger partial charge in [-0.2, -0.15) is 11.8 Å². The lowest BCUT2D eigenvalue weighted by Crippen LogP contribution is -2.48. The minimum absolute atomic E-state index is 0.292. The molecule has 0 amide bonds. The lowest BCUT2D eigenvalue weighted by Gasteiger charge is -2.38. The van der Waals surface area contributed by atoms with Crippen LogP contribution in [0.25, 0.3) is 0 Å². The Morgan fingerprint density at radius 2 is 2.06 bits per heavy atom. The summed E-state index contributed by atoms with van der Waals surface area (Å²) in [5.74, 6) is 1.28. The van der Waals surface area contributed by atoms with E-state index in [9.17, 15) is 0 Å². The van der Waals surface area contributed by atoms with Crippen LogP contribution in [0.2, 0.25) is 0 Å². The highest BCUT2D eigenvalue weighted by Crippen LogP contribution is 2.29. The third kappa shape index (κ3) is 5.07. The molecule has 0 bridgehead atoms. The van der Waals surface area contributed by atoms with Crippen molar-refractivity contribution in [2.24, 2.45) is 0 Å². The minimum Gasteiger partial charge on any atom is -0.311 e. The number of thioether (sulfide) groups is 1. The van der Waals surface area contributed by atoms with E-state index in [1.165, 1.54) is 31.8 Å². The van der Waals surface area contributed by atoms with E-state index in [1.54, 1.807) is 0 Å². The zero-order valence-electron chi connectivity index (χ0n) is 11.6. The zero-order chi connectivity index (χ0) is 12.2. The summed E-state index contributed by atoms with van der Waals surface area (Å²) in [7, 11) is 0. The van der Waals surface area contributed by atoms with Crippen LogP contribution in [0, 0.1) is 0 Å². The molecule has 1 aliphatic heterocycles. The second kappa shape index (κ2) is 5.74. The van der Waals surface area contributed by atoms with Gasteiger partial charge in [0, 0.05) is 42.2 Å². The molecule has 0 aromatic heterocycles. The number of nitrogens with zero attached hydrogens (tertiary/aromatic N) is 1. The van der Waals surface area contributed by atoms with Gasteiger partial charge in [0.1, 0.15) is 0 Å². The van der Waals surface area contributed by atoms with Gasteiger partial charge in [-0.3, -0.25) is 4.90 Å². The van der Waals surface area contributed by atoms with Gasteiger partial charge >= 0.3 is 0 Å². The first-order chi connectivity index (χ1) is 7.35. The van der Waals surface area contributed by atoms with Crippen LogP contribution in [0.15, 0.2) is 0 Å². The molecular formula is C13H28N2S. The molecule has 1 N–H and O–H groups in total. The Labute approximate surface area is 106 Å². The van der Waals surface area contributed by atoms with Crippen molar-refractivity contribution in [1.29, 1.82) is 0 Å². The summed E-state index contributed by atoms with van der Waals surface area (Å²) >= 11 is 2.11. The largest absolute Gasteiger partial charge is 0.311 e. The van der Waals surface area contributed by atoms with Gasteiger partial charge in [-0.1, -0.05) is 6.92 Å². The van der Waals surface area contributed by atoms with Crippen LogP contribution in [-0.4, -0.2) is 47.1 Å². The predicted octanol–water partition coefficient (Wildman–Crippen LogP) is 2.59. The van der Waals surface area contributed by atoms with E-state index in [1.807, 2.05) is 0 Å². The van der Waals surface area contributed by atoms with Crippen LogP contribution in [0.5, 0.6) is 0 Å². The molecule has 1 saturated heterocycles. The lowest BCUT2D eigenvalue weighted by atomic mass is 10.0.